The van der Waals surface area contributed by atoms with E-state index < -0.39 is 0 Å². The van der Waals surface area contributed by atoms with Gasteiger partial charge in [0, 0.05) is 11.3 Å². The van der Waals surface area contributed by atoms with Crippen molar-refractivity contribution in [2.75, 3.05) is 19.0 Å². The first kappa shape index (κ1) is 11.3. The molecule has 0 aliphatic heterocycles. The summed E-state index contributed by atoms with van der Waals surface area (Å²) in [5.41, 5.74) is 0. The van der Waals surface area contributed by atoms with E-state index in [4.69, 9.17) is 0 Å². The van der Waals surface area contributed by atoms with Gasteiger partial charge < -0.3 is 5.32 Å². The average molecular weight is 205 g/mol. The Morgan fingerprint density at radius 3 is 3.00 bits per heavy atom. The predicted octanol–water partition coefficient (Wildman–Crippen LogP) is 2.61. The largest absolute Gasteiger partial charge is 0.313 e. The molecule has 0 unspecified atom stereocenters. The van der Waals surface area contributed by atoms with Crippen LogP contribution in [-0.2, 0) is 0 Å². The smallest absolute Gasteiger partial charge is 0.0906 e. The third-order valence-corrected chi connectivity index (χ3v) is 3.88. The molecule has 3 heteroatoms. The maximum Gasteiger partial charge on any atom is 0.0906 e. The molecular weight excluding hydrogens is 185 g/mol. The third kappa shape index (κ3) is 3.86. The Kier molecular flexibility index (Phi) is 5.80. The van der Waals surface area contributed by atoms with Crippen molar-refractivity contribution in [1.82, 2.24) is 5.32 Å². The van der Waals surface area contributed by atoms with Crippen molar-refractivity contribution in [1.29, 1.82) is 0 Å². The van der Waals surface area contributed by atoms with Gasteiger partial charge in [0.2, 0.25) is 0 Å². The van der Waals surface area contributed by atoms with Gasteiger partial charge >= 0.3 is 0 Å². The molecule has 0 amide bonds. The molecule has 1 nitrogen and oxygen atoms in total. The van der Waals surface area contributed by atoms with E-state index in [0.717, 1.165) is 11.8 Å². The molecular formula is C10H20FNS. The number of alkyl halides is 1. The van der Waals surface area contributed by atoms with Crippen molar-refractivity contribution in [3.63, 3.8) is 0 Å². The van der Waals surface area contributed by atoms with Crippen LogP contribution in [-0.4, -0.2) is 30.3 Å². The first-order chi connectivity index (χ1) is 6.38. The van der Waals surface area contributed by atoms with Crippen molar-refractivity contribution in [3.8, 4) is 0 Å². The zero-order valence-electron chi connectivity index (χ0n) is 8.39. The lowest BCUT2D eigenvalue weighted by Crippen LogP contribution is -2.35. The van der Waals surface area contributed by atoms with Gasteiger partial charge in [-0.25, -0.2) is 0 Å². The SMILES string of the molecule is CCS[C@H]1CCC[C@H]1NCCCF. The van der Waals surface area contributed by atoms with E-state index in [-0.39, 0.29) is 6.67 Å². The summed E-state index contributed by atoms with van der Waals surface area (Å²) in [6.07, 6.45) is 4.63. The summed E-state index contributed by atoms with van der Waals surface area (Å²) < 4.78 is 11.9. The van der Waals surface area contributed by atoms with Crippen LogP contribution >= 0.6 is 11.8 Å². The fourth-order valence-electron chi connectivity index (χ4n) is 1.93. The summed E-state index contributed by atoms with van der Waals surface area (Å²) >= 11 is 2.05. The molecule has 0 aromatic heterocycles. The maximum atomic E-state index is 11.9. The molecule has 0 bridgehead atoms. The van der Waals surface area contributed by atoms with Gasteiger partial charge in [0.25, 0.3) is 0 Å². The van der Waals surface area contributed by atoms with Gasteiger partial charge in [0.05, 0.1) is 6.67 Å². The molecule has 78 valence electrons. The first-order valence-electron chi connectivity index (χ1n) is 5.29. The fraction of sp³-hybridized carbons (Fsp3) is 1.00. The van der Waals surface area contributed by atoms with Crippen LogP contribution in [0, 0.1) is 0 Å². The van der Waals surface area contributed by atoms with Gasteiger partial charge in [0.15, 0.2) is 0 Å². The Balaban J connectivity index is 2.15. The highest BCUT2D eigenvalue weighted by molar-refractivity contribution is 7.99. The molecule has 0 heterocycles. The zero-order chi connectivity index (χ0) is 9.52. The second-order valence-electron chi connectivity index (χ2n) is 3.53. The van der Waals surface area contributed by atoms with Crippen LogP contribution < -0.4 is 5.32 Å². The van der Waals surface area contributed by atoms with Crippen LogP contribution in [0.2, 0.25) is 0 Å². The van der Waals surface area contributed by atoms with Gasteiger partial charge in [-0.05, 0) is 31.6 Å². The highest BCUT2D eigenvalue weighted by atomic mass is 32.2. The third-order valence-electron chi connectivity index (χ3n) is 2.55. The summed E-state index contributed by atoms with van der Waals surface area (Å²) in [5.74, 6) is 1.20. The van der Waals surface area contributed by atoms with Crippen LogP contribution in [0.5, 0.6) is 0 Å². The summed E-state index contributed by atoms with van der Waals surface area (Å²) in [7, 11) is 0. The molecule has 0 radical (unpaired) electrons. The minimum atomic E-state index is -0.189. The summed E-state index contributed by atoms with van der Waals surface area (Å²) in [5, 5.41) is 4.24. The Hall–Kier alpha value is 0.240. The van der Waals surface area contributed by atoms with Crippen LogP contribution in [0.1, 0.15) is 32.6 Å². The van der Waals surface area contributed by atoms with Crippen LogP contribution in [0.15, 0.2) is 0 Å². The summed E-state index contributed by atoms with van der Waals surface area (Å²) in [6.45, 7) is 2.87. The zero-order valence-corrected chi connectivity index (χ0v) is 9.21. The minimum Gasteiger partial charge on any atom is -0.313 e. The Labute approximate surface area is 84.9 Å². The average Bonchev–Trinajstić information content (AvgIpc) is 2.54. The maximum absolute atomic E-state index is 11.9. The normalized spacial score (nSPS) is 28.2. The molecule has 0 saturated heterocycles. The predicted molar refractivity (Wildman–Crippen MR) is 58.2 cm³/mol. The van der Waals surface area contributed by atoms with Gasteiger partial charge in [-0.3, -0.25) is 4.39 Å². The highest BCUT2D eigenvalue weighted by Gasteiger charge is 2.25. The monoisotopic (exact) mass is 205 g/mol. The molecule has 13 heavy (non-hydrogen) atoms. The summed E-state index contributed by atoms with van der Waals surface area (Å²) in [6, 6.07) is 0.650. The van der Waals surface area contributed by atoms with Gasteiger partial charge in [-0.15, -0.1) is 0 Å². The number of nitrogens with one attached hydrogen (secondary N) is 1. The first-order valence-corrected chi connectivity index (χ1v) is 6.34. The second kappa shape index (κ2) is 6.66. The quantitative estimate of drug-likeness (QED) is 0.669. The van der Waals surface area contributed by atoms with Crippen molar-refractivity contribution >= 4 is 11.8 Å². The molecule has 1 aliphatic rings. The number of thioether (sulfide) groups is 1. The molecule has 1 aliphatic carbocycles. The Bertz CT molecular complexity index is 132. The molecule has 1 N–H and O–H groups in total. The summed E-state index contributed by atoms with van der Waals surface area (Å²) in [4.78, 5) is 0. The lowest BCUT2D eigenvalue weighted by atomic mass is 10.2. The van der Waals surface area contributed by atoms with Gasteiger partial charge in [-0.2, -0.15) is 11.8 Å². The fourth-order valence-corrected chi connectivity index (χ4v) is 3.15. The van der Waals surface area contributed by atoms with E-state index in [0.29, 0.717) is 12.5 Å². The highest BCUT2D eigenvalue weighted by Crippen LogP contribution is 2.29. The van der Waals surface area contributed by atoms with E-state index in [1.807, 2.05) is 11.8 Å². The van der Waals surface area contributed by atoms with E-state index in [1.54, 1.807) is 0 Å². The van der Waals surface area contributed by atoms with Crippen molar-refractivity contribution < 1.29 is 4.39 Å². The Morgan fingerprint density at radius 2 is 2.31 bits per heavy atom. The molecule has 2 atom stereocenters. The number of hydrogen-bond acceptors (Lipinski definition) is 2. The van der Waals surface area contributed by atoms with E-state index in [1.165, 1.54) is 25.0 Å². The molecule has 1 saturated carbocycles. The standard InChI is InChI=1S/C10H20FNS/c1-2-13-10-6-3-5-9(10)12-8-4-7-11/h9-10,12H,2-8H2,1H3/t9-,10+/m1/s1. The van der Waals surface area contributed by atoms with Gasteiger partial charge in [-0.1, -0.05) is 13.3 Å². The molecule has 0 spiro atoms. The Morgan fingerprint density at radius 1 is 1.46 bits per heavy atom. The molecule has 0 aromatic rings. The molecule has 1 rings (SSSR count). The second-order valence-corrected chi connectivity index (χ2v) is 5.04. The van der Waals surface area contributed by atoms with E-state index >= 15 is 0 Å². The van der Waals surface area contributed by atoms with Crippen molar-refractivity contribution in [3.05, 3.63) is 0 Å². The molecule has 1 fully saturated rings. The lowest BCUT2D eigenvalue weighted by molar-refractivity contribution is 0.439. The number of hydrogen-bond donors (Lipinski definition) is 1. The molecule has 0 aromatic carbocycles. The number of halogens is 1. The topological polar surface area (TPSA) is 12.0 Å². The van der Waals surface area contributed by atoms with E-state index in [9.17, 15) is 4.39 Å². The van der Waals surface area contributed by atoms with Crippen LogP contribution in [0.4, 0.5) is 4.39 Å². The number of rotatable bonds is 6. The van der Waals surface area contributed by atoms with E-state index in [2.05, 4.69) is 12.2 Å². The minimum absolute atomic E-state index is 0.189. The van der Waals surface area contributed by atoms with Crippen LogP contribution in [0.25, 0.3) is 0 Å². The van der Waals surface area contributed by atoms with Gasteiger partial charge in [0.1, 0.15) is 0 Å². The van der Waals surface area contributed by atoms with Crippen molar-refractivity contribution in [2.24, 2.45) is 0 Å². The van der Waals surface area contributed by atoms with Crippen molar-refractivity contribution in [2.45, 2.75) is 43.9 Å². The van der Waals surface area contributed by atoms with Crippen LogP contribution in [0.3, 0.4) is 0 Å². The lowest BCUT2D eigenvalue weighted by Gasteiger charge is -2.19.